The molecule has 6 heteroatoms. The lowest BCUT2D eigenvalue weighted by Crippen LogP contribution is -2.35. The van der Waals surface area contributed by atoms with E-state index in [1.54, 1.807) is 0 Å². The van der Waals surface area contributed by atoms with Crippen LogP contribution in [0.1, 0.15) is 30.3 Å². The van der Waals surface area contributed by atoms with Gasteiger partial charge in [0.15, 0.2) is 5.11 Å². The summed E-state index contributed by atoms with van der Waals surface area (Å²) in [5.74, 6) is 0. The van der Waals surface area contributed by atoms with Gasteiger partial charge in [-0.2, -0.15) is 5.10 Å². The van der Waals surface area contributed by atoms with E-state index in [2.05, 4.69) is 34.8 Å². The maximum absolute atomic E-state index is 5.33. The molecule has 0 radical (unpaired) electrons. The second kappa shape index (κ2) is 9.39. The summed E-state index contributed by atoms with van der Waals surface area (Å²) in [6.45, 7) is 9.11. The van der Waals surface area contributed by atoms with E-state index in [0.717, 1.165) is 43.3 Å². The van der Waals surface area contributed by atoms with Crippen molar-refractivity contribution in [3.05, 3.63) is 47.3 Å². The average molecular weight is 347 g/mol. The maximum Gasteiger partial charge on any atom is 0.166 e. The normalized spacial score (nSPS) is 10.6. The van der Waals surface area contributed by atoms with Crippen molar-refractivity contribution in [2.75, 3.05) is 19.8 Å². The molecule has 24 heavy (non-hydrogen) atoms. The Bertz CT molecular complexity index is 655. The molecule has 0 unspecified atom stereocenters. The first-order valence-corrected chi connectivity index (χ1v) is 8.74. The summed E-state index contributed by atoms with van der Waals surface area (Å²) in [6, 6.07) is 10.2. The second-order valence-electron chi connectivity index (χ2n) is 5.56. The van der Waals surface area contributed by atoms with Crippen LogP contribution in [0.15, 0.2) is 30.3 Å². The molecule has 0 saturated carbocycles. The molecule has 1 heterocycles. The second-order valence-corrected chi connectivity index (χ2v) is 5.96. The third-order valence-electron chi connectivity index (χ3n) is 3.82. The molecule has 2 aromatic rings. The van der Waals surface area contributed by atoms with Gasteiger partial charge in [0.25, 0.3) is 0 Å². The Hall–Kier alpha value is -1.92. The Morgan fingerprint density at radius 1 is 1.21 bits per heavy atom. The first-order chi connectivity index (χ1) is 11.6. The van der Waals surface area contributed by atoms with Crippen molar-refractivity contribution < 1.29 is 4.74 Å². The first-order valence-electron chi connectivity index (χ1n) is 8.33. The van der Waals surface area contributed by atoms with Gasteiger partial charge in [0.1, 0.15) is 0 Å². The van der Waals surface area contributed by atoms with Gasteiger partial charge in [-0.25, -0.2) is 4.68 Å². The van der Waals surface area contributed by atoms with E-state index in [1.165, 1.54) is 5.56 Å². The van der Waals surface area contributed by atoms with Crippen LogP contribution in [0.25, 0.3) is 5.69 Å². The number of ether oxygens (including phenoxy) is 1. The van der Waals surface area contributed by atoms with Crippen molar-refractivity contribution >= 4 is 17.3 Å². The van der Waals surface area contributed by atoms with Gasteiger partial charge in [0, 0.05) is 37.6 Å². The zero-order valence-electron chi connectivity index (χ0n) is 14.6. The Kier molecular flexibility index (Phi) is 7.21. The molecular formula is C18H26N4OS. The smallest absolute Gasteiger partial charge is 0.166 e. The summed E-state index contributed by atoms with van der Waals surface area (Å²) in [4.78, 5) is 0. The van der Waals surface area contributed by atoms with E-state index >= 15 is 0 Å². The summed E-state index contributed by atoms with van der Waals surface area (Å²) in [7, 11) is 0. The van der Waals surface area contributed by atoms with Gasteiger partial charge in [-0.1, -0.05) is 18.2 Å². The van der Waals surface area contributed by atoms with Crippen LogP contribution in [-0.4, -0.2) is 34.7 Å². The van der Waals surface area contributed by atoms with Gasteiger partial charge < -0.3 is 15.4 Å². The number of nitrogens with one attached hydrogen (secondary N) is 2. The third kappa shape index (κ3) is 5.04. The summed E-state index contributed by atoms with van der Waals surface area (Å²) >= 11 is 5.33. The molecule has 0 aliphatic carbocycles. The molecule has 0 aliphatic heterocycles. The predicted octanol–water partition coefficient (Wildman–Crippen LogP) is 2.88. The van der Waals surface area contributed by atoms with Crippen LogP contribution >= 0.6 is 12.2 Å². The Morgan fingerprint density at radius 3 is 2.67 bits per heavy atom. The molecule has 0 bridgehead atoms. The molecule has 1 aromatic heterocycles. The van der Waals surface area contributed by atoms with Crippen molar-refractivity contribution in [3.8, 4) is 5.69 Å². The highest BCUT2D eigenvalue weighted by Gasteiger charge is 2.12. The molecule has 2 rings (SSSR count). The van der Waals surface area contributed by atoms with Crippen molar-refractivity contribution in [1.82, 2.24) is 20.4 Å². The highest BCUT2D eigenvalue weighted by molar-refractivity contribution is 7.80. The van der Waals surface area contributed by atoms with Crippen molar-refractivity contribution in [2.24, 2.45) is 0 Å². The lowest BCUT2D eigenvalue weighted by atomic mass is 10.2. The van der Waals surface area contributed by atoms with Gasteiger partial charge in [0.05, 0.1) is 11.4 Å². The highest BCUT2D eigenvalue weighted by Crippen LogP contribution is 2.17. The Morgan fingerprint density at radius 2 is 1.96 bits per heavy atom. The van der Waals surface area contributed by atoms with Gasteiger partial charge in [-0.05, 0) is 51.5 Å². The standard InChI is InChI=1S/C18H26N4OS/c1-4-23-12-8-11-19-18(24)20-13-17-14(2)21-22(15(17)3)16-9-6-5-7-10-16/h5-7,9-10H,4,8,11-13H2,1-3H3,(H2,19,20,24). The van der Waals surface area contributed by atoms with Gasteiger partial charge >= 0.3 is 0 Å². The van der Waals surface area contributed by atoms with Gasteiger partial charge in [-0.15, -0.1) is 0 Å². The fourth-order valence-corrected chi connectivity index (χ4v) is 2.68. The van der Waals surface area contributed by atoms with E-state index in [4.69, 9.17) is 17.0 Å². The zero-order valence-corrected chi connectivity index (χ0v) is 15.4. The third-order valence-corrected chi connectivity index (χ3v) is 4.11. The van der Waals surface area contributed by atoms with Gasteiger partial charge in [0.2, 0.25) is 0 Å². The minimum absolute atomic E-state index is 0.665. The number of benzene rings is 1. The maximum atomic E-state index is 5.33. The van der Waals surface area contributed by atoms with E-state index in [-0.39, 0.29) is 0 Å². The van der Waals surface area contributed by atoms with E-state index < -0.39 is 0 Å². The lowest BCUT2D eigenvalue weighted by molar-refractivity contribution is 0.145. The fraction of sp³-hybridized carbons (Fsp3) is 0.444. The SMILES string of the molecule is CCOCCCNC(=S)NCc1c(C)nn(-c2ccccc2)c1C. The van der Waals surface area contributed by atoms with Crippen molar-refractivity contribution in [1.29, 1.82) is 0 Å². The fourth-order valence-electron chi connectivity index (χ4n) is 2.50. The number of nitrogens with zero attached hydrogens (tertiary/aromatic N) is 2. The topological polar surface area (TPSA) is 51.1 Å². The van der Waals surface area contributed by atoms with Crippen LogP contribution in [-0.2, 0) is 11.3 Å². The van der Waals surface area contributed by atoms with Crippen LogP contribution in [0.5, 0.6) is 0 Å². The number of hydrogen-bond donors (Lipinski definition) is 2. The lowest BCUT2D eigenvalue weighted by Gasteiger charge is -2.11. The number of aromatic nitrogens is 2. The molecule has 0 spiro atoms. The van der Waals surface area contributed by atoms with Crippen LogP contribution in [0.3, 0.4) is 0 Å². The summed E-state index contributed by atoms with van der Waals surface area (Å²) in [5.41, 5.74) is 4.40. The number of para-hydroxylation sites is 1. The quantitative estimate of drug-likeness (QED) is 0.569. The molecule has 2 N–H and O–H groups in total. The molecule has 130 valence electrons. The molecule has 0 aliphatic rings. The summed E-state index contributed by atoms with van der Waals surface area (Å²) in [5, 5.41) is 11.8. The molecule has 1 aromatic carbocycles. The molecule has 0 saturated heterocycles. The van der Waals surface area contributed by atoms with E-state index in [9.17, 15) is 0 Å². The van der Waals surface area contributed by atoms with E-state index in [1.807, 2.05) is 36.7 Å². The summed E-state index contributed by atoms with van der Waals surface area (Å²) < 4.78 is 7.28. The minimum atomic E-state index is 0.665. The Labute approximate surface area is 149 Å². The minimum Gasteiger partial charge on any atom is -0.382 e. The number of hydrogen-bond acceptors (Lipinski definition) is 3. The molecular weight excluding hydrogens is 320 g/mol. The van der Waals surface area contributed by atoms with Crippen molar-refractivity contribution in [3.63, 3.8) is 0 Å². The monoisotopic (exact) mass is 346 g/mol. The average Bonchev–Trinajstić information content (AvgIpc) is 2.88. The first kappa shape index (κ1) is 18.4. The zero-order chi connectivity index (χ0) is 17.4. The number of rotatable bonds is 8. The Balaban J connectivity index is 1.89. The van der Waals surface area contributed by atoms with Gasteiger partial charge in [-0.3, -0.25) is 0 Å². The van der Waals surface area contributed by atoms with Crippen LogP contribution in [0.2, 0.25) is 0 Å². The number of thiocarbonyl (C=S) groups is 1. The summed E-state index contributed by atoms with van der Waals surface area (Å²) in [6.07, 6.45) is 0.944. The molecule has 5 nitrogen and oxygen atoms in total. The predicted molar refractivity (Wildman–Crippen MR) is 102 cm³/mol. The van der Waals surface area contributed by atoms with Crippen molar-refractivity contribution in [2.45, 2.75) is 33.7 Å². The number of aryl methyl sites for hydroxylation is 1. The molecule has 0 fully saturated rings. The van der Waals surface area contributed by atoms with E-state index in [0.29, 0.717) is 11.7 Å². The molecule has 0 amide bonds. The highest BCUT2D eigenvalue weighted by atomic mass is 32.1. The van der Waals surface area contributed by atoms with Crippen LogP contribution in [0, 0.1) is 13.8 Å². The largest absolute Gasteiger partial charge is 0.382 e. The molecule has 0 atom stereocenters. The van der Waals surface area contributed by atoms with Crippen LogP contribution in [0.4, 0.5) is 0 Å². The van der Waals surface area contributed by atoms with Crippen LogP contribution < -0.4 is 10.6 Å².